The highest BCUT2D eigenvalue weighted by Crippen LogP contribution is 2.28. The molecule has 1 aromatic rings. The molecule has 1 heterocycles. The number of esters is 1. The SMILES string of the molecule is CC.CC1=C(OC(=O)CCc2cccnc2)C(Cl)=CCC1. The summed E-state index contributed by atoms with van der Waals surface area (Å²) in [6, 6.07) is 3.80. The highest BCUT2D eigenvalue weighted by molar-refractivity contribution is 6.32. The van der Waals surface area contributed by atoms with E-state index in [1.807, 2.05) is 39.0 Å². The van der Waals surface area contributed by atoms with Gasteiger partial charge in [0.1, 0.15) is 5.76 Å². The molecule has 0 saturated carbocycles. The van der Waals surface area contributed by atoms with Gasteiger partial charge in [-0.1, -0.05) is 37.6 Å². The van der Waals surface area contributed by atoms with Crippen LogP contribution in [-0.4, -0.2) is 11.0 Å². The van der Waals surface area contributed by atoms with Gasteiger partial charge in [-0.2, -0.15) is 0 Å². The number of carbonyl (C=O) groups excluding carboxylic acids is 1. The van der Waals surface area contributed by atoms with Gasteiger partial charge in [0.25, 0.3) is 0 Å². The van der Waals surface area contributed by atoms with Crippen molar-refractivity contribution in [3.8, 4) is 0 Å². The Morgan fingerprint density at radius 3 is 2.81 bits per heavy atom. The molecule has 4 heteroatoms. The van der Waals surface area contributed by atoms with Gasteiger partial charge in [-0.3, -0.25) is 9.78 Å². The molecule has 2 rings (SSSR count). The van der Waals surface area contributed by atoms with Crippen LogP contribution in [0.25, 0.3) is 0 Å². The number of nitrogens with zero attached hydrogens (tertiary/aromatic N) is 1. The molecule has 1 aliphatic carbocycles. The van der Waals surface area contributed by atoms with Crippen molar-refractivity contribution in [2.45, 2.75) is 46.5 Å². The minimum Gasteiger partial charge on any atom is -0.425 e. The summed E-state index contributed by atoms with van der Waals surface area (Å²) < 4.78 is 5.36. The molecule has 0 aliphatic heterocycles. The Kier molecular flexibility index (Phi) is 7.76. The zero-order valence-electron chi connectivity index (χ0n) is 12.9. The molecular weight excluding hydrogens is 286 g/mol. The predicted molar refractivity (Wildman–Crippen MR) is 85.9 cm³/mol. The molecule has 0 unspecified atom stereocenters. The summed E-state index contributed by atoms with van der Waals surface area (Å²) in [6.45, 7) is 5.94. The van der Waals surface area contributed by atoms with Gasteiger partial charge in [0, 0.05) is 12.4 Å². The zero-order chi connectivity index (χ0) is 15.7. The van der Waals surface area contributed by atoms with Gasteiger partial charge in [-0.25, -0.2) is 0 Å². The lowest BCUT2D eigenvalue weighted by molar-refractivity contribution is -0.139. The number of ether oxygens (including phenoxy) is 1. The lowest BCUT2D eigenvalue weighted by Gasteiger charge is -2.15. The maximum absolute atomic E-state index is 11.8. The largest absolute Gasteiger partial charge is 0.425 e. The van der Waals surface area contributed by atoms with E-state index in [0.29, 0.717) is 23.6 Å². The average molecular weight is 308 g/mol. The summed E-state index contributed by atoms with van der Waals surface area (Å²) in [6.07, 6.45) is 8.10. The van der Waals surface area contributed by atoms with Gasteiger partial charge in [-0.05, 0) is 43.4 Å². The van der Waals surface area contributed by atoms with Crippen molar-refractivity contribution in [3.05, 3.63) is 52.5 Å². The molecule has 0 fully saturated rings. The van der Waals surface area contributed by atoms with E-state index >= 15 is 0 Å². The van der Waals surface area contributed by atoms with Crippen molar-refractivity contribution in [2.75, 3.05) is 0 Å². The normalized spacial score (nSPS) is 14.0. The predicted octanol–water partition coefficient (Wildman–Crippen LogP) is 4.77. The molecule has 21 heavy (non-hydrogen) atoms. The van der Waals surface area contributed by atoms with E-state index in [9.17, 15) is 4.79 Å². The van der Waals surface area contributed by atoms with Crippen LogP contribution in [0.2, 0.25) is 0 Å². The van der Waals surface area contributed by atoms with Crippen LogP contribution in [0.5, 0.6) is 0 Å². The third kappa shape index (κ3) is 5.72. The molecule has 3 nitrogen and oxygen atoms in total. The highest BCUT2D eigenvalue weighted by Gasteiger charge is 2.16. The Morgan fingerprint density at radius 1 is 1.43 bits per heavy atom. The molecule has 114 valence electrons. The first-order chi connectivity index (χ1) is 10.2. The Hall–Kier alpha value is -1.61. The van der Waals surface area contributed by atoms with E-state index in [1.165, 1.54) is 0 Å². The fourth-order valence-electron chi connectivity index (χ4n) is 1.92. The first-order valence-electron chi connectivity index (χ1n) is 7.32. The maximum atomic E-state index is 11.8. The van der Waals surface area contributed by atoms with Crippen LogP contribution in [0.3, 0.4) is 0 Å². The van der Waals surface area contributed by atoms with E-state index in [4.69, 9.17) is 16.3 Å². The topological polar surface area (TPSA) is 39.2 Å². The zero-order valence-corrected chi connectivity index (χ0v) is 13.6. The van der Waals surface area contributed by atoms with Gasteiger partial charge < -0.3 is 4.74 Å². The fourth-order valence-corrected chi connectivity index (χ4v) is 2.23. The second-order valence-corrected chi connectivity index (χ2v) is 4.94. The first-order valence-corrected chi connectivity index (χ1v) is 7.70. The van der Waals surface area contributed by atoms with Gasteiger partial charge in [-0.15, -0.1) is 0 Å². The number of aryl methyl sites for hydroxylation is 1. The van der Waals surface area contributed by atoms with Crippen molar-refractivity contribution >= 4 is 17.6 Å². The van der Waals surface area contributed by atoms with E-state index in [1.54, 1.807) is 12.4 Å². The quantitative estimate of drug-likeness (QED) is 0.752. The molecule has 0 aromatic carbocycles. The summed E-state index contributed by atoms with van der Waals surface area (Å²) >= 11 is 6.05. The Bertz CT molecular complexity index is 521. The van der Waals surface area contributed by atoms with Gasteiger partial charge >= 0.3 is 5.97 Å². The van der Waals surface area contributed by atoms with Gasteiger partial charge in [0.2, 0.25) is 0 Å². The number of halogens is 1. The molecule has 0 saturated heterocycles. The molecule has 0 radical (unpaired) electrons. The molecule has 0 N–H and O–H groups in total. The van der Waals surface area contributed by atoms with Crippen molar-refractivity contribution in [2.24, 2.45) is 0 Å². The molecule has 0 amide bonds. The molecule has 1 aliphatic rings. The van der Waals surface area contributed by atoms with Crippen LogP contribution in [-0.2, 0) is 16.0 Å². The van der Waals surface area contributed by atoms with E-state index in [-0.39, 0.29) is 5.97 Å². The monoisotopic (exact) mass is 307 g/mol. The standard InChI is InChI=1S/C15H16ClNO2.C2H6/c1-11-4-2-6-13(16)15(11)19-14(18)8-7-12-5-3-9-17-10-12;1-2/h3,5-6,9-10H,2,4,7-8H2,1H3;1-2H3. The van der Waals surface area contributed by atoms with E-state index in [0.717, 1.165) is 24.0 Å². The van der Waals surface area contributed by atoms with Crippen LogP contribution >= 0.6 is 11.6 Å². The number of aromatic nitrogens is 1. The highest BCUT2D eigenvalue weighted by atomic mass is 35.5. The molecule has 0 spiro atoms. The lowest BCUT2D eigenvalue weighted by Crippen LogP contribution is -2.09. The summed E-state index contributed by atoms with van der Waals surface area (Å²) in [4.78, 5) is 15.8. The van der Waals surface area contributed by atoms with Crippen molar-refractivity contribution in [1.82, 2.24) is 4.98 Å². The summed E-state index contributed by atoms with van der Waals surface area (Å²) in [5.41, 5.74) is 2.05. The average Bonchev–Trinajstić information content (AvgIpc) is 2.52. The van der Waals surface area contributed by atoms with Gasteiger partial charge in [0.05, 0.1) is 11.5 Å². The summed E-state index contributed by atoms with van der Waals surface area (Å²) in [7, 11) is 0. The summed E-state index contributed by atoms with van der Waals surface area (Å²) in [5.74, 6) is 0.274. The Labute approximate surface area is 131 Å². The number of hydrogen-bond acceptors (Lipinski definition) is 3. The van der Waals surface area contributed by atoms with Gasteiger partial charge in [0.15, 0.2) is 0 Å². The third-order valence-electron chi connectivity index (χ3n) is 3.00. The molecule has 0 bridgehead atoms. The first kappa shape index (κ1) is 17.4. The smallest absolute Gasteiger partial charge is 0.311 e. The van der Waals surface area contributed by atoms with Crippen LogP contribution in [0.4, 0.5) is 0 Å². The number of hydrogen-bond donors (Lipinski definition) is 0. The van der Waals surface area contributed by atoms with Crippen molar-refractivity contribution in [3.63, 3.8) is 0 Å². The molecule has 0 atom stereocenters. The number of carbonyl (C=O) groups is 1. The molecular formula is C17H22ClNO2. The van der Waals surface area contributed by atoms with E-state index < -0.39 is 0 Å². The minimum absolute atomic E-state index is 0.258. The fraction of sp³-hybridized carbons (Fsp3) is 0.412. The number of allylic oxidation sites excluding steroid dienone is 3. The van der Waals surface area contributed by atoms with Crippen LogP contribution in [0.1, 0.15) is 45.6 Å². The van der Waals surface area contributed by atoms with Crippen LogP contribution in [0.15, 0.2) is 47.0 Å². The van der Waals surface area contributed by atoms with E-state index in [2.05, 4.69) is 4.98 Å². The Morgan fingerprint density at radius 2 is 2.19 bits per heavy atom. The van der Waals surface area contributed by atoms with Crippen molar-refractivity contribution < 1.29 is 9.53 Å². The second-order valence-electron chi connectivity index (χ2n) is 4.54. The van der Waals surface area contributed by atoms with Crippen molar-refractivity contribution in [1.29, 1.82) is 0 Å². The number of pyridine rings is 1. The molecule has 1 aromatic heterocycles. The lowest BCUT2D eigenvalue weighted by atomic mass is 10.1. The van der Waals surface area contributed by atoms with Crippen LogP contribution < -0.4 is 0 Å². The number of rotatable bonds is 4. The maximum Gasteiger partial charge on any atom is 0.311 e. The summed E-state index contributed by atoms with van der Waals surface area (Å²) in [5, 5.41) is 0.540. The minimum atomic E-state index is -0.258. The van der Waals surface area contributed by atoms with Crippen LogP contribution in [0, 0.1) is 0 Å². The second kappa shape index (κ2) is 9.35. The third-order valence-corrected chi connectivity index (χ3v) is 3.33. The Balaban J connectivity index is 0.00000106.